The van der Waals surface area contributed by atoms with Gasteiger partial charge in [0.05, 0.1) is 12.0 Å². The summed E-state index contributed by atoms with van der Waals surface area (Å²) in [4.78, 5) is 21.9. The molecule has 1 aliphatic rings. The molecule has 0 saturated carbocycles. The molecule has 0 aliphatic carbocycles. The van der Waals surface area contributed by atoms with Crippen LogP contribution in [0, 0.1) is 5.92 Å². The summed E-state index contributed by atoms with van der Waals surface area (Å²) in [6, 6.07) is -0.129. The van der Waals surface area contributed by atoms with Crippen molar-refractivity contribution < 1.29 is 14.7 Å². The number of rotatable bonds is 4. The highest BCUT2D eigenvalue weighted by molar-refractivity contribution is 5.82. The fourth-order valence-corrected chi connectivity index (χ4v) is 1.37. The number of hydrogen-bond acceptors (Lipinski definition) is 3. The van der Waals surface area contributed by atoms with Crippen LogP contribution in [0.3, 0.4) is 0 Å². The van der Waals surface area contributed by atoms with Crippen LogP contribution >= 0.6 is 0 Å². The van der Waals surface area contributed by atoms with Gasteiger partial charge in [-0.05, 0) is 19.4 Å². The third-order valence-corrected chi connectivity index (χ3v) is 2.38. The number of amides is 1. The van der Waals surface area contributed by atoms with E-state index < -0.39 is 11.9 Å². The standard InChI is InChI=1S/C9H16N2O3/c1-6(9(13)14)5-11-8(12)7-3-2-4-10-7/h6-7,10H,2-5H2,1H3,(H,11,12)(H,13,14)/t6?,7-/m0/s1. The lowest BCUT2D eigenvalue weighted by atomic mass is 10.1. The molecule has 2 atom stereocenters. The molecule has 1 rings (SSSR count). The smallest absolute Gasteiger partial charge is 0.308 e. The van der Waals surface area contributed by atoms with Gasteiger partial charge in [-0.1, -0.05) is 6.92 Å². The summed E-state index contributed by atoms with van der Waals surface area (Å²) >= 11 is 0. The van der Waals surface area contributed by atoms with E-state index in [1.54, 1.807) is 6.92 Å². The first kappa shape index (κ1) is 11.0. The molecule has 1 fully saturated rings. The molecule has 1 unspecified atom stereocenters. The monoisotopic (exact) mass is 200 g/mol. The van der Waals surface area contributed by atoms with Crippen LogP contribution in [0.15, 0.2) is 0 Å². The van der Waals surface area contributed by atoms with Crippen molar-refractivity contribution >= 4 is 11.9 Å². The fraction of sp³-hybridized carbons (Fsp3) is 0.778. The highest BCUT2D eigenvalue weighted by Gasteiger charge is 2.22. The van der Waals surface area contributed by atoms with E-state index in [4.69, 9.17) is 5.11 Å². The first-order valence-corrected chi connectivity index (χ1v) is 4.85. The lowest BCUT2D eigenvalue weighted by Crippen LogP contribution is -2.42. The van der Waals surface area contributed by atoms with Gasteiger partial charge in [-0.2, -0.15) is 0 Å². The van der Waals surface area contributed by atoms with E-state index in [9.17, 15) is 9.59 Å². The van der Waals surface area contributed by atoms with Gasteiger partial charge < -0.3 is 15.7 Å². The van der Waals surface area contributed by atoms with Gasteiger partial charge >= 0.3 is 5.97 Å². The summed E-state index contributed by atoms with van der Waals surface area (Å²) in [6.45, 7) is 2.64. The molecular weight excluding hydrogens is 184 g/mol. The predicted octanol–water partition coefficient (Wildman–Crippen LogP) is -0.425. The SMILES string of the molecule is CC(CNC(=O)[C@@H]1CCCN1)C(=O)O. The minimum Gasteiger partial charge on any atom is -0.481 e. The quantitative estimate of drug-likeness (QED) is 0.575. The Kier molecular flexibility index (Phi) is 3.88. The van der Waals surface area contributed by atoms with Gasteiger partial charge in [0.15, 0.2) is 0 Å². The topological polar surface area (TPSA) is 78.4 Å². The zero-order chi connectivity index (χ0) is 10.6. The van der Waals surface area contributed by atoms with Gasteiger partial charge in [-0.15, -0.1) is 0 Å². The molecule has 0 bridgehead atoms. The molecule has 5 nitrogen and oxygen atoms in total. The van der Waals surface area contributed by atoms with Crippen LogP contribution < -0.4 is 10.6 Å². The minimum absolute atomic E-state index is 0.0874. The molecule has 1 aliphatic heterocycles. The van der Waals surface area contributed by atoms with Crippen LogP contribution in [-0.2, 0) is 9.59 Å². The molecule has 0 radical (unpaired) electrons. The number of carboxylic acid groups (broad SMARTS) is 1. The van der Waals surface area contributed by atoms with Crippen molar-refractivity contribution in [3.05, 3.63) is 0 Å². The molecule has 1 saturated heterocycles. The Balaban J connectivity index is 2.23. The van der Waals surface area contributed by atoms with Gasteiger partial charge in [0.2, 0.25) is 5.91 Å². The fourth-order valence-electron chi connectivity index (χ4n) is 1.37. The van der Waals surface area contributed by atoms with Crippen LogP contribution in [0.4, 0.5) is 0 Å². The normalized spacial score (nSPS) is 23.1. The van der Waals surface area contributed by atoms with Crippen molar-refractivity contribution in [3.8, 4) is 0 Å². The number of carboxylic acids is 1. The lowest BCUT2D eigenvalue weighted by molar-refractivity contribution is -0.141. The second-order valence-corrected chi connectivity index (χ2v) is 3.63. The number of nitrogens with one attached hydrogen (secondary N) is 2. The first-order chi connectivity index (χ1) is 6.61. The van der Waals surface area contributed by atoms with Crippen LogP contribution in [-0.4, -0.2) is 36.1 Å². The zero-order valence-electron chi connectivity index (χ0n) is 8.25. The van der Waals surface area contributed by atoms with E-state index in [1.807, 2.05) is 0 Å². The summed E-state index contributed by atoms with van der Waals surface area (Å²) in [6.07, 6.45) is 1.85. The van der Waals surface area contributed by atoms with Crippen molar-refractivity contribution in [1.29, 1.82) is 0 Å². The molecular formula is C9H16N2O3. The molecule has 5 heteroatoms. The zero-order valence-corrected chi connectivity index (χ0v) is 8.25. The Morgan fingerprint density at radius 3 is 2.86 bits per heavy atom. The Labute approximate surface area is 82.9 Å². The number of carbonyl (C=O) groups excluding carboxylic acids is 1. The summed E-state index contributed by atoms with van der Waals surface area (Å²) in [5.74, 6) is -1.50. The maximum absolute atomic E-state index is 11.4. The van der Waals surface area contributed by atoms with Crippen molar-refractivity contribution in [2.45, 2.75) is 25.8 Å². The van der Waals surface area contributed by atoms with Gasteiger partial charge in [0.1, 0.15) is 0 Å². The molecule has 1 amide bonds. The van der Waals surface area contributed by atoms with Gasteiger partial charge in [0, 0.05) is 6.54 Å². The average molecular weight is 200 g/mol. The Morgan fingerprint density at radius 1 is 1.64 bits per heavy atom. The van der Waals surface area contributed by atoms with E-state index in [0.717, 1.165) is 19.4 Å². The van der Waals surface area contributed by atoms with Crippen molar-refractivity contribution in [1.82, 2.24) is 10.6 Å². The van der Waals surface area contributed by atoms with E-state index in [1.165, 1.54) is 0 Å². The molecule has 0 aromatic carbocycles. The maximum atomic E-state index is 11.4. The molecule has 3 N–H and O–H groups in total. The van der Waals surface area contributed by atoms with Gasteiger partial charge in [-0.25, -0.2) is 0 Å². The first-order valence-electron chi connectivity index (χ1n) is 4.85. The van der Waals surface area contributed by atoms with Crippen LogP contribution in [0.2, 0.25) is 0 Å². The number of hydrogen-bond donors (Lipinski definition) is 3. The van der Waals surface area contributed by atoms with Crippen LogP contribution in [0.5, 0.6) is 0 Å². The third kappa shape index (κ3) is 2.99. The predicted molar refractivity (Wildman–Crippen MR) is 50.8 cm³/mol. The van der Waals surface area contributed by atoms with E-state index in [-0.39, 0.29) is 18.5 Å². The van der Waals surface area contributed by atoms with Gasteiger partial charge in [0.25, 0.3) is 0 Å². The maximum Gasteiger partial charge on any atom is 0.308 e. The van der Waals surface area contributed by atoms with E-state index >= 15 is 0 Å². The third-order valence-electron chi connectivity index (χ3n) is 2.38. The van der Waals surface area contributed by atoms with Gasteiger partial charge in [-0.3, -0.25) is 9.59 Å². The Bertz CT molecular complexity index is 224. The highest BCUT2D eigenvalue weighted by Crippen LogP contribution is 2.04. The largest absolute Gasteiger partial charge is 0.481 e. The summed E-state index contributed by atoms with van der Waals surface area (Å²) in [5, 5.41) is 14.3. The van der Waals surface area contributed by atoms with E-state index in [0.29, 0.717) is 0 Å². The van der Waals surface area contributed by atoms with Crippen molar-refractivity contribution in [2.75, 3.05) is 13.1 Å². The molecule has 0 spiro atoms. The Morgan fingerprint density at radius 2 is 2.36 bits per heavy atom. The molecule has 0 aromatic rings. The van der Waals surface area contributed by atoms with Crippen molar-refractivity contribution in [3.63, 3.8) is 0 Å². The summed E-state index contributed by atoms with van der Waals surface area (Å²) in [5.41, 5.74) is 0. The second-order valence-electron chi connectivity index (χ2n) is 3.63. The number of aliphatic carboxylic acids is 1. The summed E-state index contributed by atoms with van der Waals surface area (Å²) in [7, 11) is 0. The molecule has 14 heavy (non-hydrogen) atoms. The molecule has 1 heterocycles. The number of carbonyl (C=O) groups is 2. The molecule has 0 aromatic heterocycles. The Hall–Kier alpha value is -1.10. The second kappa shape index (κ2) is 4.95. The minimum atomic E-state index is -0.885. The molecule has 80 valence electrons. The van der Waals surface area contributed by atoms with Crippen LogP contribution in [0.25, 0.3) is 0 Å². The van der Waals surface area contributed by atoms with E-state index in [2.05, 4.69) is 10.6 Å². The highest BCUT2D eigenvalue weighted by atomic mass is 16.4. The average Bonchev–Trinajstić information content (AvgIpc) is 2.66. The summed E-state index contributed by atoms with van der Waals surface area (Å²) < 4.78 is 0. The van der Waals surface area contributed by atoms with Crippen LogP contribution in [0.1, 0.15) is 19.8 Å². The lowest BCUT2D eigenvalue weighted by Gasteiger charge is -2.12. The van der Waals surface area contributed by atoms with Crippen molar-refractivity contribution in [2.24, 2.45) is 5.92 Å².